The zero-order chi connectivity index (χ0) is 19.9. The summed E-state index contributed by atoms with van der Waals surface area (Å²) in [7, 11) is 0. The fraction of sp³-hybridized carbons (Fsp3) is 0.286. The van der Waals surface area contributed by atoms with Crippen LogP contribution in [0.1, 0.15) is 29.6 Å². The van der Waals surface area contributed by atoms with Gasteiger partial charge in [-0.1, -0.05) is 12.1 Å². The number of ketones is 1. The van der Waals surface area contributed by atoms with Gasteiger partial charge in [-0.2, -0.15) is 0 Å². The number of Topliss-reactive ketones (excluding diaryl/α,β-unsaturated/α-hetero) is 1. The van der Waals surface area contributed by atoms with Gasteiger partial charge in [-0.05, 0) is 42.8 Å². The van der Waals surface area contributed by atoms with Crippen LogP contribution in [0.5, 0.6) is 5.75 Å². The quantitative estimate of drug-likeness (QED) is 0.416. The Morgan fingerprint density at radius 1 is 1.11 bits per heavy atom. The molecule has 6 nitrogen and oxygen atoms in total. The molecule has 2 aromatic rings. The fourth-order valence-corrected chi connectivity index (χ4v) is 2.87. The molecule has 0 unspecified atom stereocenters. The number of halogens is 1. The SMILES string of the molecule is O=C(CN1C(=O)CCOc2ccccc21)OCCCC(=O)c1ccc(F)cc1. The van der Waals surface area contributed by atoms with Gasteiger partial charge in [0.2, 0.25) is 5.91 Å². The van der Waals surface area contributed by atoms with Crippen molar-refractivity contribution in [1.29, 1.82) is 0 Å². The van der Waals surface area contributed by atoms with E-state index in [1.54, 1.807) is 24.3 Å². The zero-order valence-electron chi connectivity index (χ0n) is 15.2. The Labute approximate surface area is 161 Å². The number of amides is 1. The summed E-state index contributed by atoms with van der Waals surface area (Å²) in [5, 5.41) is 0. The van der Waals surface area contributed by atoms with Crippen molar-refractivity contribution < 1.29 is 28.2 Å². The molecule has 0 N–H and O–H groups in total. The lowest BCUT2D eigenvalue weighted by Crippen LogP contribution is -2.36. The number of nitrogens with zero attached hydrogens (tertiary/aromatic N) is 1. The number of rotatable bonds is 7. The molecule has 0 fully saturated rings. The van der Waals surface area contributed by atoms with Gasteiger partial charge in [-0.3, -0.25) is 19.3 Å². The molecular formula is C21H20FNO5. The fourth-order valence-electron chi connectivity index (χ4n) is 2.87. The largest absolute Gasteiger partial charge is 0.491 e. The van der Waals surface area contributed by atoms with Crippen LogP contribution in [0.3, 0.4) is 0 Å². The van der Waals surface area contributed by atoms with Gasteiger partial charge < -0.3 is 9.47 Å². The third kappa shape index (κ3) is 4.94. The number of esters is 1. The summed E-state index contributed by atoms with van der Waals surface area (Å²) in [5.41, 5.74) is 0.952. The van der Waals surface area contributed by atoms with E-state index in [-0.39, 0.29) is 44.3 Å². The van der Waals surface area contributed by atoms with E-state index < -0.39 is 11.8 Å². The molecule has 1 heterocycles. The summed E-state index contributed by atoms with van der Waals surface area (Å²) in [5.74, 6) is -0.774. The highest BCUT2D eigenvalue weighted by Gasteiger charge is 2.25. The molecule has 1 amide bonds. The molecule has 0 atom stereocenters. The lowest BCUT2D eigenvalue weighted by atomic mass is 10.1. The minimum absolute atomic E-state index is 0.0615. The van der Waals surface area contributed by atoms with E-state index >= 15 is 0 Å². The topological polar surface area (TPSA) is 72.9 Å². The van der Waals surface area contributed by atoms with Crippen molar-refractivity contribution in [1.82, 2.24) is 0 Å². The van der Waals surface area contributed by atoms with Gasteiger partial charge in [0.15, 0.2) is 5.78 Å². The Bertz CT molecular complexity index is 865. The van der Waals surface area contributed by atoms with Crippen LogP contribution in [0.15, 0.2) is 48.5 Å². The average molecular weight is 385 g/mol. The van der Waals surface area contributed by atoms with E-state index in [4.69, 9.17) is 9.47 Å². The lowest BCUT2D eigenvalue weighted by molar-refractivity contribution is -0.143. The molecule has 28 heavy (non-hydrogen) atoms. The van der Waals surface area contributed by atoms with Gasteiger partial charge in [-0.15, -0.1) is 0 Å². The molecule has 0 saturated heterocycles. The molecule has 0 spiro atoms. The Morgan fingerprint density at radius 3 is 2.64 bits per heavy atom. The van der Waals surface area contributed by atoms with E-state index in [1.807, 2.05) is 0 Å². The van der Waals surface area contributed by atoms with Crippen molar-refractivity contribution >= 4 is 23.3 Å². The molecule has 1 aliphatic heterocycles. The number of para-hydroxylation sites is 2. The van der Waals surface area contributed by atoms with Crippen molar-refractivity contribution in [3.8, 4) is 5.75 Å². The van der Waals surface area contributed by atoms with Crippen LogP contribution in [-0.2, 0) is 14.3 Å². The molecule has 0 saturated carbocycles. The number of carbonyl (C=O) groups is 3. The van der Waals surface area contributed by atoms with Crippen molar-refractivity contribution in [2.45, 2.75) is 19.3 Å². The summed E-state index contributed by atoms with van der Waals surface area (Å²) in [4.78, 5) is 37.8. The molecule has 2 aromatic carbocycles. The summed E-state index contributed by atoms with van der Waals surface area (Å²) in [6.07, 6.45) is 0.696. The minimum atomic E-state index is -0.556. The monoisotopic (exact) mass is 385 g/mol. The standard InChI is InChI=1S/C21H20FNO5/c22-16-9-7-15(8-10-16)18(24)5-3-12-28-21(26)14-23-17-4-1-2-6-19(17)27-13-11-20(23)25/h1-2,4,6-10H,3,5,11-14H2. The van der Waals surface area contributed by atoms with Crippen molar-refractivity contribution in [3.63, 3.8) is 0 Å². The average Bonchev–Trinajstić information content (AvgIpc) is 2.85. The number of fused-ring (bicyclic) bond motifs is 1. The smallest absolute Gasteiger partial charge is 0.326 e. The Kier molecular flexibility index (Phi) is 6.37. The molecule has 0 aromatic heterocycles. The maximum absolute atomic E-state index is 12.9. The number of anilines is 1. The number of hydrogen-bond acceptors (Lipinski definition) is 5. The highest BCUT2D eigenvalue weighted by atomic mass is 19.1. The predicted octanol–water partition coefficient (Wildman–Crippen LogP) is 3.15. The van der Waals surface area contributed by atoms with Gasteiger partial charge in [-0.25, -0.2) is 4.39 Å². The molecule has 0 aliphatic carbocycles. The Hall–Kier alpha value is -3.22. The second-order valence-electron chi connectivity index (χ2n) is 6.30. The van der Waals surface area contributed by atoms with Crippen molar-refractivity contribution in [2.75, 3.05) is 24.7 Å². The van der Waals surface area contributed by atoms with Crippen LogP contribution in [-0.4, -0.2) is 37.4 Å². The van der Waals surface area contributed by atoms with Crippen LogP contribution in [0.25, 0.3) is 0 Å². The van der Waals surface area contributed by atoms with Crippen LogP contribution in [0.2, 0.25) is 0 Å². The minimum Gasteiger partial charge on any atom is -0.491 e. The van der Waals surface area contributed by atoms with Gasteiger partial charge in [0, 0.05) is 12.0 Å². The maximum atomic E-state index is 12.9. The Morgan fingerprint density at radius 2 is 1.86 bits per heavy atom. The third-order valence-electron chi connectivity index (χ3n) is 4.30. The van der Waals surface area contributed by atoms with Gasteiger partial charge in [0.05, 0.1) is 25.3 Å². The number of benzene rings is 2. The second-order valence-corrected chi connectivity index (χ2v) is 6.30. The van der Waals surface area contributed by atoms with E-state index in [0.29, 0.717) is 23.4 Å². The lowest BCUT2D eigenvalue weighted by Gasteiger charge is -2.20. The van der Waals surface area contributed by atoms with Gasteiger partial charge >= 0.3 is 5.97 Å². The maximum Gasteiger partial charge on any atom is 0.326 e. The van der Waals surface area contributed by atoms with E-state index in [1.165, 1.54) is 29.2 Å². The predicted molar refractivity (Wildman–Crippen MR) is 99.8 cm³/mol. The van der Waals surface area contributed by atoms with Crippen LogP contribution in [0.4, 0.5) is 10.1 Å². The molecule has 3 rings (SSSR count). The van der Waals surface area contributed by atoms with Gasteiger partial charge in [0.25, 0.3) is 0 Å². The van der Waals surface area contributed by atoms with Crippen LogP contribution in [0, 0.1) is 5.82 Å². The third-order valence-corrected chi connectivity index (χ3v) is 4.30. The molecule has 1 aliphatic rings. The van der Waals surface area contributed by atoms with E-state index in [9.17, 15) is 18.8 Å². The summed E-state index contributed by atoms with van der Waals surface area (Å²) < 4.78 is 23.6. The summed E-state index contributed by atoms with van der Waals surface area (Å²) >= 11 is 0. The first kappa shape index (κ1) is 19.5. The first-order valence-electron chi connectivity index (χ1n) is 9.01. The zero-order valence-corrected chi connectivity index (χ0v) is 15.2. The second kappa shape index (κ2) is 9.12. The number of ether oxygens (including phenoxy) is 2. The van der Waals surface area contributed by atoms with E-state index in [0.717, 1.165) is 0 Å². The summed E-state index contributed by atoms with van der Waals surface area (Å²) in [6, 6.07) is 12.3. The summed E-state index contributed by atoms with van der Waals surface area (Å²) in [6.45, 7) is 0.101. The molecule has 0 radical (unpaired) electrons. The number of hydrogen-bond donors (Lipinski definition) is 0. The van der Waals surface area contributed by atoms with E-state index in [2.05, 4.69) is 0 Å². The normalized spacial score (nSPS) is 13.3. The van der Waals surface area contributed by atoms with Gasteiger partial charge in [0.1, 0.15) is 18.1 Å². The van der Waals surface area contributed by atoms with Crippen LogP contribution < -0.4 is 9.64 Å². The Balaban J connectivity index is 1.48. The van der Waals surface area contributed by atoms with Crippen molar-refractivity contribution in [3.05, 3.63) is 59.9 Å². The first-order chi connectivity index (χ1) is 13.5. The van der Waals surface area contributed by atoms with Crippen molar-refractivity contribution in [2.24, 2.45) is 0 Å². The van der Waals surface area contributed by atoms with Crippen LogP contribution >= 0.6 is 0 Å². The molecule has 7 heteroatoms. The first-order valence-corrected chi connectivity index (χ1v) is 9.01. The highest BCUT2D eigenvalue weighted by Crippen LogP contribution is 2.30. The molecule has 146 valence electrons. The number of carbonyl (C=O) groups excluding carboxylic acids is 3. The molecular weight excluding hydrogens is 365 g/mol. The molecule has 0 bridgehead atoms. The highest BCUT2D eigenvalue weighted by molar-refractivity contribution is 5.99.